The lowest BCUT2D eigenvalue weighted by Crippen LogP contribution is -2.02. The van der Waals surface area contributed by atoms with Crippen molar-refractivity contribution < 1.29 is 4.42 Å². The van der Waals surface area contributed by atoms with Crippen LogP contribution in [0.15, 0.2) is 120 Å². The molecule has 9 rings (SSSR count). The van der Waals surface area contributed by atoms with Crippen molar-refractivity contribution in [2.45, 2.75) is 13.3 Å². The van der Waals surface area contributed by atoms with Crippen molar-refractivity contribution in [2.75, 3.05) is 0 Å². The Morgan fingerprint density at radius 2 is 1.25 bits per heavy atom. The van der Waals surface area contributed by atoms with E-state index < -0.39 is 0 Å². The highest BCUT2D eigenvalue weighted by atomic mass is 16.3. The number of benzene rings is 5. The third-order valence-electron chi connectivity index (χ3n) is 8.18. The molecule has 0 saturated carbocycles. The maximum absolute atomic E-state index is 6.49. The molecular formula is C37H24N6O. The molecule has 0 fully saturated rings. The van der Waals surface area contributed by atoms with Gasteiger partial charge >= 0.3 is 0 Å². The maximum atomic E-state index is 6.49. The highest BCUT2D eigenvalue weighted by Crippen LogP contribution is 2.41. The number of aryl methyl sites for hydroxylation is 1. The van der Waals surface area contributed by atoms with E-state index in [1.54, 1.807) is 0 Å². The first-order valence-corrected chi connectivity index (χ1v) is 14.7. The van der Waals surface area contributed by atoms with E-state index >= 15 is 0 Å². The number of aromatic nitrogens is 6. The first kappa shape index (κ1) is 24.6. The Morgan fingerprint density at radius 3 is 2.07 bits per heavy atom. The molecule has 0 amide bonds. The molecule has 208 valence electrons. The summed E-state index contributed by atoms with van der Waals surface area (Å²) in [7, 11) is 0. The van der Waals surface area contributed by atoms with E-state index in [0.29, 0.717) is 18.1 Å². The van der Waals surface area contributed by atoms with Gasteiger partial charge in [0.2, 0.25) is 0 Å². The van der Waals surface area contributed by atoms with E-state index in [9.17, 15) is 0 Å². The first-order chi connectivity index (χ1) is 21.8. The van der Waals surface area contributed by atoms with Gasteiger partial charge in [0.05, 0.1) is 16.6 Å². The average molecular weight is 569 g/mol. The molecular weight excluding hydrogens is 544 g/mol. The summed E-state index contributed by atoms with van der Waals surface area (Å²) in [6.07, 6.45) is 0.690. The number of para-hydroxylation sites is 3. The number of imidazole rings is 1. The third kappa shape index (κ3) is 3.66. The van der Waals surface area contributed by atoms with Crippen LogP contribution in [0.1, 0.15) is 12.7 Å². The zero-order chi connectivity index (χ0) is 29.2. The molecule has 0 atom stereocenters. The van der Waals surface area contributed by atoms with Gasteiger partial charge in [-0.3, -0.25) is 4.40 Å². The zero-order valence-electron chi connectivity index (χ0n) is 23.8. The van der Waals surface area contributed by atoms with Gasteiger partial charge < -0.3 is 4.42 Å². The van der Waals surface area contributed by atoms with Crippen LogP contribution in [-0.4, -0.2) is 29.3 Å². The highest BCUT2D eigenvalue weighted by molar-refractivity contribution is 6.17. The number of rotatable bonds is 4. The Morgan fingerprint density at radius 1 is 0.568 bits per heavy atom. The molecule has 5 aromatic carbocycles. The molecule has 0 radical (unpaired) electrons. The molecule has 0 aliphatic carbocycles. The van der Waals surface area contributed by atoms with Crippen LogP contribution in [0.4, 0.5) is 0 Å². The van der Waals surface area contributed by atoms with Crippen molar-refractivity contribution in [3.8, 4) is 34.2 Å². The number of fused-ring (bicyclic) bond motifs is 8. The number of hydrogen-bond acceptors (Lipinski definition) is 6. The standard InChI is InChI=1S/C37H24N6O/c1-2-31-40-34(22-12-4-3-5-13-22)42-35(41-31)24-15-10-20-29-32(24)33-25(16-11-21-30(33)44-29)37-38-26-17-7-6-14-23(26)36-39-27-18-8-9-19-28(27)43(36)37/h3-21H,2H2,1H3. The van der Waals surface area contributed by atoms with E-state index in [4.69, 9.17) is 29.3 Å². The van der Waals surface area contributed by atoms with E-state index in [1.807, 2.05) is 91.0 Å². The molecule has 44 heavy (non-hydrogen) atoms. The summed E-state index contributed by atoms with van der Waals surface area (Å²) in [5.74, 6) is 2.80. The molecule has 0 bridgehead atoms. The van der Waals surface area contributed by atoms with Gasteiger partial charge in [-0.05, 0) is 36.4 Å². The monoisotopic (exact) mass is 568 g/mol. The number of furan rings is 1. The molecule has 0 unspecified atom stereocenters. The Hall–Kier alpha value is -5.95. The number of hydrogen-bond donors (Lipinski definition) is 0. The molecule has 4 heterocycles. The second-order valence-electron chi connectivity index (χ2n) is 10.8. The molecule has 4 aromatic heterocycles. The van der Waals surface area contributed by atoms with Crippen LogP contribution in [0, 0.1) is 0 Å². The Labute approximate surface area is 251 Å². The summed E-state index contributed by atoms with van der Waals surface area (Å²) in [6, 6.07) is 38.6. The molecule has 0 saturated heterocycles. The molecule has 7 heteroatoms. The minimum absolute atomic E-state index is 0.614. The zero-order valence-corrected chi connectivity index (χ0v) is 23.8. The van der Waals surface area contributed by atoms with Gasteiger partial charge in [-0.2, -0.15) is 0 Å². The van der Waals surface area contributed by atoms with Gasteiger partial charge in [0.25, 0.3) is 0 Å². The van der Waals surface area contributed by atoms with Gasteiger partial charge in [-0.15, -0.1) is 0 Å². The second-order valence-corrected chi connectivity index (χ2v) is 10.8. The van der Waals surface area contributed by atoms with Crippen molar-refractivity contribution in [1.82, 2.24) is 29.3 Å². The highest BCUT2D eigenvalue weighted by Gasteiger charge is 2.22. The topological polar surface area (TPSA) is 82.0 Å². The minimum Gasteiger partial charge on any atom is -0.456 e. The fraction of sp³-hybridized carbons (Fsp3) is 0.0541. The average Bonchev–Trinajstić information content (AvgIpc) is 3.67. The molecule has 0 spiro atoms. The predicted octanol–water partition coefficient (Wildman–Crippen LogP) is 8.68. The quantitative estimate of drug-likeness (QED) is 0.211. The van der Waals surface area contributed by atoms with Crippen LogP contribution >= 0.6 is 0 Å². The lowest BCUT2D eigenvalue weighted by Gasteiger charge is -2.11. The molecule has 9 aromatic rings. The predicted molar refractivity (Wildman–Crippen MR) is 174 cm³/mol. The normalized spacial score (nSPS) is 11.8. The first-order valence-electron chi connectivity index (χ1n) is 14.7. The van der Waals surface area contributed by atoms with Crippen LogP contribution in [0.5, 0.6) is 0 Å². The van der Waals surface area contributed by atoms with Crippen LogP contribution < -0.4 is 0 Å². The maximum Gasteiger partial charge on any atom is 0.164 e. The van der Waals surface area contributed by atoms with E-state index in [0.717, 1.165) is 77.9 Å². The van der Waals surface area contributed by atoms with E-state index in [1.165, 1.54) is 0 Å². The lowest BCUT2D eigenvalue weighted by atomic mass is 10.0. The fourth-order valence-electron chi connectivity index (χ4n) is 6.18. The van der Waals surface area contributed by atoms with Crippen molar-refractivity contribution in [1.29, 1.82) is 0 Å². The second kappa shape index (κ2) is 9.54. The molecule has 7 nitrogen and oxygen atoms in total. The summed E-state index contributed by atoms with van der Waals surface area (Å²) in [5.41, 5.74) is 7.98. The van der Waals surface area contributed by atoms with Crippen molar-refractivity contribution in [3.05, 3.63) is 121 Å². The largest absolute Gasteiger partial charge is 0.456 e. The van der Waals surface area contributed by atoms with E-state index in [2.05, 4.69) is 35.6 Å². The lowest BCUT2D eigenvalue weighted by molar-refractivity contribution is 0.669. The Balaban J connectivity index is 1.39. The molecule has 0 N–H and O–H groups in total. The minimum atomic E-state index is 0.614. The molecule has 0 aliphatic heterocycles. The number of nitrogens with zero attached hydrogens (tertiary/aromatic N) is 6. The SMILES string of the molecule is CCc1nc(-c2ccccc2)nc(-c2cccc3oc4cccc(-c5nc6ccccc6c6nc7ccccc7n56)c4c23)n1. The van der Waals surface area contributed by atoms with Crippen LogP contribution in [-0.2, 0) is 6.42 Å². The van der Waals surface area contributed by atoms with Crippen molar-refractivity contribution in [3.63, 3.8) is 0 Å². The van der Waals surface area contributed by atoms with E-state index in [-0.39, 0.29) is 0 Å². The Bertz CT molecular complexity index is 2550. The summed E-state index contributed by atoms with van der Waals surface area (Å²) in [4.78, 5) is 25.0. The van der Waals surface area contributed by atoms with Crippen molar-refractivity contribution in [2.24, 2.45) is 0 Å². The Kier molecular flexibility index (Phi) is 5.34. The smallest absolute Gasteiger partial charge is 0.164 e. The van der Waals surface area contributed by atoms with Crippen molar-refractivity contribution >= 4 is 49.5 Å². The van der Waals surface area contributed by atoms with Gasteiger partial charge in [0, 0.05) is 39.3 Å². The fourth-order valence-corrected chi connectivity index (χ4v) is 6.18. The summed E-state index contributed by atoms with van der Waals surface area (Å²) in [5, 5.41) is 2.90. The summed E-state index contributed by atoms with van der Waals surface area (Å²) >= 11 is 0. The van der Waals surface area contributed by atoms with Gasteiger partial charge in [-0.25, -0.2) is 24.9 Å². The van der Waals surface area contributed by atoms with Crippen LogP contribution in [0.2, 0.25) is 0 Å². The van der Waals surface area contributed by atoms with Gasteiger partial charge in [0.15, 0.2) is 11.6 Å². The van der Waals surface area contributed by atoms with Crippen LogP contribution in [0.3, 0.4) is 0 Å². The molecule has 0 aliphatic rings. The summed E-state index contributed by atoms with van der Waals surface area (Å²) in [6.45, 7) is 2.06. The van der Waals surface area contributed by atoms with Crippen LogP contribution in [0.25, 0.3) is 83.7 Å². The summed E-state index contributed by atoms with van der Waals surface area (Å²) < 4.78 is 8.66. The third-order valence-corrected chi connectivity index (χ3v) is 8.18. The van der Waals surface area contributed by atoms with Gasteiger partial charge in [-0.1, -0.05) is 85.8 Å². The van der Waals surface area contributed by atoms with Gasteiger partial charge in [0.1, 0.15) is 28.5 Å².